The maximum absolute atomic E-state index is 12.5. The molecule has 2 rings (SSSR count). The minimum Gasteiger partial charge on any atom is -0.321 e. The van der Waals surface area contributed by atoms with Gasteiger partial charge >= 0.3 is 6.18 Å². The molecule has 1 aromatic carbocycles. The molecular formula is C9H8F3N5. The number of nitrogens with zero attached hydrogens (tertiary/aromatic N) is 3. The van der Waals surface area contributed by atoms with Crippen LogP contribution in [-0.2, 0) is 6.18 Å². The van der Waals surface area contributed by atoms with E-state index in [0.29, 0.717) is 5.39 Å². The Kier molecular flexibility index (Phi) is 2.41. The lowest BCUT2D eigenvalue weighted by Crippen LogP contribution is -2.31. The topological polar surface area (TPSA) is 82.2 Å². The number of halogens is 3. The van der Waals surface area contributed by atoms with Crippen molar-refractivity contribution < 1.29 is 13.2 Å². The van der Waals surface area contributed by atoms with Crippen LogP contribution in [0.4, 0.5) is 13.2 Å². The molecular weight excluding hydrogens is 235 g/mol. The summed E-state index contributed by atoms with van der Waals surface area (Å²) in [6.07, 6.45) is -3.18. The Balaban J connectivity index is 2.79. The maximum Gasteiger partial charge on any atom is 0.416 e. The first kappa shape index (κ1) is 11.2. The zero-order valence-corrected chi connectivity index (χ0v) is 8.44. The first-order valence-electron chi connectivity index (χ1n) is 4.52. The number of benzene rings is 1. The van der Waals surface area contributed by atoms with E-state index in [0.717, 1.165) is 16.9 Å². The average molecular weight is 243 g/mol. The van der Waals surface area contributed by atoms with Gasteiger partial charge in [0.1, 0.15) is 0 Å². The second-order valence-corrected chi connectivity index (χ2v) is 3.34. The fourth-order valence-electron chi connectivity index (χ4n) is 1.48. The number of rotatable bonds is 0. The van der Waals surface area contributed by atoms with Crippen molar-refractivity contribution in [1.29, 1.82) is 0 Å². The zero-order chi connectivity index (χ0) is 12.6. The summed E-state index contributed by atoms with van der Waals surface area (Å²) in [4.78, 5) is 0.898. The third-order valence-electron chi connectivity index (χ3n) is 2.28. The van der Waals surface area contributed by atoms with Crippen molar-refractivity contribution in [3.63, 3.8) is 0 Å². The summed E-state index contributed by atoms with van der Waals surface area (Å²) in [5.41, 5.74) is -0.652. The lowest BCUT2D eigenvalue weighted by atomic mass is 10.1. The van der Waals surface area contributed by atoms with Gasteiger partial charge in [-0.3, -0.25) is 0 Å². The van der Waals surface area contributed by atoms with Crippen LogP contribution in [0, 0.1) is 0 Å². The first-order valence-corrected chi connectivity index (χ1v) is 4.52. The fraction of sp³-hybridized carbons (Fsp3) is 0.111. The number of nitrogen functional groups attached to an aromatic ring is 1. The van der Waals surface area contributed by atoms with Crippen LogP contribution in [0.2, 0.25) is 0 Å². The molecule has 0 aliphatic heterocycles. The highest BCUT2D eigenvalue weighted by atomic mass is 19.4. The minimum absolute atomic E-state index is 0.108. The Morgan fingerprint density at radius 2 is 2.00 bits per heavy atom. The van der Waals surface area contributed by atoms with Crippen LogP contribution in [0.3, 0.4) is 0 Å². The Labute approximate surface area is 93.1 Å². The summed E-state index contributed by atoms with van der Waals surface area (Å²) < 4.78 is 37.4. The van der Waals surface area contributed by atoms with Gasteiger partial charge in [-0.25, -0.2) is 0 Å². The molecule has 0 fully saturated rings. The third-order valence-corrected chi connectivity index (χ3v) is 2.28. The smallest absolute Gasteiger partial charge is 0.321 e. The number of aromatic nitrogens is 2. The Hall–Kier alpha value is -2.25. The lowest BCUT2D eigenvalue weighted by Gasteiger charge is -2.08. The molecule has 17 heavy (non-hydrogen) atoms. The molecule has 0 spiro atoms. The molecule has 5 nitrogen and oxygen atoms in total. The van der Waals surface area contributed by atoms with E-state index in [4.69, 9.17) is 11.7 Å². The monoisotopic (exact) mass is 243 g/mol. The first-order chi connectivity index (χ1) is 7.93. The average Bonchev–Trinajstić information content (AvgIpc) is 2.27. The van der Waals surface area contributed by atoms with Gasteiger partial charge in [-0.15, -0.1) is 0 Å². The molecule has 0 saturated heterocycles. The van der Waals surface area contributed by atoms with Crippen molar-refractivity contribution in [2.45, 2.75) is 6.18 Å². The van der Waals surface area contributed by atoms with Crippen molar-refractivity contribution in [3.8, 4) is 0 Å². The van der Waals surface area contributed by atoms with Crippen LogP contribution in [0.1, 0.15) is 5.56 Å². The lowest BCUT2D eigenvalue weighted by molar-refractivity contribution is -0.137. The highest BCUT2D eigenvalue weighted by molar-refractivity contribution is 5.81. The maximum atomic E-state index is 12.5. The SMILES string of the molecule is N/N=c1/c2ccc(C(F)(F)F)cc2cnn1N. The van der Waals surface area contributed by atoms with E-state index in [9.17, 15) is 13.2 Å². The van der Waals surface area contributed by atoms with Crippen molar-refractivity contribution in [2.24, 2.45) is 10.9 Å². The zero-order valence-electron chi connectivity index (χ0n) is 8.44. The van der Waals surface area contributed by atoms with Gasteiger partial charge in [-0.05, 0) is 18.2 Å². The molecule has 90 valence electrons. The highest BCUT2D eigenvalue weighted by Crippen LogP contribution is 2.30. The van der Waals surface area contributed by atoms with Gasteiger partial charge in [0.05, 0.1) is 11.8 Å². The van der Waals surface area contributed by atoms with Crippen molar-refractivity contribution >= 4 is 10.8 Å². The third kappa shape index (κ3) is 1.88. The van der Waals surface area contributed by atoms with E-state index < -0.39 is 11.7 Å². The summed E-state index contributed by atoms with van der Waals surface area (Å²) in [7, 11) is 0. The van der Waals surface area contributed by atoms with Crippen LogP contribution < -0.4 is 17.2 Å². The van der Waals surface area contributed by atoms with Gasteiger partial charge in [0.25, 0.3) is 0 Å². The van der Waals surface area contributed by atoms with E-state index in [1.807, 2.05) is 0 Å². The summed E-state index contributed by atoms with van der Waals surface area (Å²) in [5, 5.41) is 7.71. The largest absolute Gasteiger partial charge is 0.416 e. The quantitative estimate of drug-likeness (QED) is 0.523. The predicted molar refractivity (Wildman–Crippen MR) is 54.6 cm³/mol. The molecule has 1 heterocycles. The minimum atomic E-state index is -4.40. The Bertz CT molecular complexity index is 629. The van der Waals surface area contributed by atoms with Crippen molar-refractivity contribution in [3.05, 3.63) is 35.4 Å². The van der Waals surface area contributed by atoms with Crippen LogP contribution in [0.15, 0.2) is 29.5 Å². The van der Waals surface area contributed by atoms with Crippen LogP contribution in [0.25, 0.3) is 10.8 Å². The molecule has 0 unspecified atom stereocenters. The summed E-state index contributed by atoms with van der Waals surface area (Å²) >= 11 is 0. The van der Waals surface area contributed by atoms with Crippen LogP contribution >= 0.6 is 0 Å². The van der Waals surface area contributed by atoms with E-state index in [1.54, 1.807) is 0 Å². The van der Waals surface area contributed by atoms with Gasteiger partial charge in [-0.1, -0.05) is 0 Å². The normalized spacial score (nSPS) is 13.2. The molecule has 0 aliphatic rings. The second kappa shape index (κ2) is 3.65. The van der Waals surface area contributed by atoms with E-state index >= 15 is 0 Å². The number of alkyl halides is 3. The number of nitrogens with two attached hydrogens (primary N) is 2. The number of hydrogen-bond donors (Lipinski definition) is 2. The molecule has 4 N–H and O–H groups in total. The van der Waals surface area contributed by atoms with Crippen molar-refractivity contribution in [1.82, 2.24) is 9.89 Å². The molecule has 8 heteroatoms. The van der Waals surface area contributed by atoms with Gasteiger partial charge in [0.2, 0.25) is 0 Å². The van der Waals surface area contributed by atoms with Crippen LogP contribution in [0.5, 0.6) is 0 Å². The fourth-order valence-corrected chi connectivity index (χ4v) is 1.48. The summed E-state index contributed by atoms with van der Waals surface area (Å²) in [5.74, 6) is 10.5. The van der Waals surface area contributed by atoms with E-state index in [-0.39, 0.29) is 10.9 Å². The molecule has 0 bridgehead atoms. The van der Waals surface area contributed by atoms with Gasteiger partial charge in [-0.2, -0.15) is 28.2 Å². The second-order valence-electron chi connectivity index (χ2n) is 3.34. The molecule has 1 aromatic heterocycles. The molecule has 0 saturated carbocycles. The summed E-state index contributed by atoms with van der Waals surface area (Å²) in [6.45, 7) is 0. The molecule has 0 aliphatic carbocycles. The highest BCUT2D eigenvalue weighted by Gasteiger charge is 2.30. The van der Waals surface area contributed by atoms with Crippen LogP contribution in [-0.4, -0.2) is 9.89 Å². The molecule has 2 aromatic rings. The summed E-state index contributed by atoms with van der Waals surface area (Å²) in [6, 6.07) is 3.17. The standard InChI is InChI=1S/C9H8F3N5/c10-9(11,12)6-1-2-7-5(3-6)4-15-17(14)8(7)16-13/h1-4H,13-14H2/b16-8-. The molecule has 0 amide bonds. The Morgan fingerprint density at radius 1 is 1.29 bits per heavy atom. The predicted octanol–water partition coefficient (Wildman–Crippen LogP) is 0.543. The van der Waals surface area contributed by atoms with E-state index in [2.05, 4.69) is 10.2 Å². The van der Waals surface area contributed by atoms with Crippen molar-refractivity contribution in [2.75, 3.05) is 5.84 Å². The molecule has 0 atom stereocenters. The number of hydrogen-bond acceptors (Lipinski definition) is 4. The van der Waals surface area contributed by atoms with Gasteiger partial charge < -0.3 is 11.7 Å². The van der Waals surface area contributed by atoms with E-state index in [1.165, 1.54) is 12.3 Å². The van der Waals surface area contributed by atoms with Gasteiger partial charge in [0, 0.05) is 10.8 Å². The molecule has 0 radical (unpaired) electrons. The number of fused-ring (bicyclic) bond motifs is 1. The Morgan fingerprint density at radius 3 is 2.59 bits per heavy atom. The van der Waals surface area contributed by atoms with Gasteiger partial charge in [0.15, 0.2) is 5.49 Å².